The van der Waals surface area contributed by atoms with E-state index in [-0.39, 0.29) is 11.7 Å². The fourth-order valence-electron chi connectivity index (χ4n) is 1.74. The van der Waals surface area contributed by atoms with Gasteiger partial charge >= 0.3 is 0 Å². The lowest BCUT2D eigenvalue weighted by atomic mass is 10.2. The molecule has 0 aliphatic heterocycles. The van der Waals surface area contributed by atoms with Gasteiger partial charge in [-0.2, -0.15) is 5.10 Å². The second kappa shape index (κ2) is 7.47. The predicted molar refractivity (Wildman–Crippen MR) is 85.8 cm³/mol. The number of hydrogen-bond acceptors (Lipinski definition) is 4. The van der Waals surface area contributed by atoms with Crippen LogP contribution in [0.15, 0.2) is 47.6 Å². The molecule has 22 heavy (non-hydrogen) atoms. The number of phenols is 1. The summed E-state index contributed by atoms with van der Waals surface area (Å²) in [5, 5.41) is 14.4. The molecule has 0 unspecified atom stereocenters. The molecule has 0 bridgehead atoms. The summed E-state index contributed by atoms with van der Waals surface area (Å²) < 4.78 is 5.27. The summed E-state index contributed by atoms with van der Waals surface area (Å²) in [5.74, 6) is -0.0160. The van der Waals surface area contributed by atoms with Crippen LogP contribution in [0.1, 0.15) is 22.8 Å². The highest BCUT2D eigenvalue weighted by Crippen LogP contribution is 2.28. The van der Waals surface area contributed by atoms with Crippen LogP contribution in [0.3, 0.4) is 0 Å². The van der Waals surface area contributed by atoms with E-state index in [0.29, 0.717) is 28.5 Å². The molecule has 2 aromatic rings. The first-order chi connectivity index (χ1) is 10.6. The number of rotatable bonds is 5. The zero-order valence-corrected chi connectivity index (χ0v) is 12.7. The van der Waals surface area contributed by atoms with Gasteiger partial charge in [0.1, 0.15) is 0 Å². The summed E-state index contributed by atoms with van der Waals surface area (Å²) in [4.78, 5) is 11.8. The van der Waals surface area contributed by atoms with Crippen molar-refractivity contribution in [3.05, 3.63) is 58.6 Å². The summed E-state index contributed by atoms with van der Waals surface area (Å²) in [5.41, 5.74) is 3.27. The van der Waals surface area contributed by atoms with Crippen LogP contribution in [-0.2, 0) is 0 Å². The van der Waals surface area contributed by atoms with Gasteiger partial charge in [0, 0.05) is 16.1 Å². The van der Waals surface area contributed by atoms with E-state index in [1.165, 1.54) is 6.21 Å². The maximum absolute atomic E-state index is 11.8. The van der Waals surface area contributed by atoms with Crippen LogP contribution < -0.4 is 10.2 Å². The fourth-order valence-corrected chi connectivity index (χ4v) is 1.87. The van der Waals surface area contributed by atoms with Gasteiger partial charge in [-0.05, 0) is 43.3 Å². The number of ether oxygens (including phenoxy) is 1. The molecule has 0 fully saturated rings. The van der Waals surface area contributed by atoms with Crippen molar-refractivity contribution in [1.29, 1.82) is 0 Å². The quantitative estimate of drug-likeness (QED) is 0.657. The normalized spacial score (nSPS) is 10.6. The van der Waals surface area contributed by atoms with Gasteiger partial charge in [-0.3, -0.25) is 4.79 Å². The highest BCUT2D eigenvalue weighted by Gasteiger charge is 2.06. The number of aromatic hydroxyl groups is 1. The van der Waals surface area contributed by atoms with Gasteiger partial charge in [-0.1, -0.05) is 17.7 Å². The lowest BCUT2D eigenvalue weighted by Crippen LogP contribution is -2.17. The van der Waals surface area contributed by atoms with Crippen molar-refractivity contribution < 1.29 is 14.6 Å². The SMILES string of the molecule is CCOc1cccc(/C=N\NC(=O)c2ccc(Cl)cc2)c1O. The van der Waals surface area contributed by atoms with E-state index in [4.69, 9.17) is 16.3 Å². The van der Waals surface area contributed by atoms with Gasteiger partial charge in [0.2, 0.25) is 0 Å². The summed E-state index contributed by atoms with van der Waals surface area (Å²) in [6, 6.07) is 11.5. The molecule has 1 amide bonds. The monoisotopic (exact) mass is 318 g/mol. The molecule has 2 rings (SSSR count). The molecule has 0 atom stereocenters. The molecule has 0 aliphatic rings. The third-order valence-electron chi connectivity index (χ3n) is 2.81. The van der Waals surface area contributed by atoms with Crippen LogP contribution in [0.4, 0.5) is 0 Å². The summed E-state index contributed by atoms with van der Waals surface area (Å²) in [7, 11) is 0. The summed E-state index contributed by atoms with van der Waals surface area (Å²) in [6.45, 7) is 2.27. The number of nitrogens with zero attached hydrogens (tertiary/aromatic N) is 1. The Morgan fingerprint density at radius 1 is 1.32 bits per heavy atom. The Morgan fingerprint density at radius 3 is 2.73 bits per heavy atom. The zero-order valence-electron chi connectivity index (χ0n) is 11.9. The number of phenolic OH excluding ortho intramolecular Hbond substituents is 1. The molecular weight excluding hydrogens is 304 g/mol. The van der Waals surface area contributed by atoms with Crippen LogP contribution in [0.2, 0.25) is 5.02 Å². The lowest BCUT2D eigenvalue weighted by molar-refractivity contribution is 0.0955. The van der Waals surface area contributed by atoms with Gasteiger partial charge in [-0.15, -0.1) is 0 Å². The minimum absolute atomic E-state index is 0.0196. The molecule has 114 valence electrons. The Kier molecular flexibility index (Phi) is 5.38. The largest absolute Gasteiger partial charge is 0.504 e. The third-order valence-corrected chi connectivity index (χ3v) is 3.06. The second-order valence-corrected chi connectivity index (χ2v) is 4.77. The molecule has 0 saturated carbocycles. The molecule has 6 heteroatoms. The standard InChI is InChI=1S/C16H15ClN2O3/c1-2-22-14-5-3-4-12(15(14)20)10-18-19-16(21)11-6-8-13(17)9-7-11/h3-10,20H,2H2,1H3,(H,19,21)/b18-10-. The van der Waals surface area contributed by atoms with Crippen molar-refractivity contribution in [3.63, 3.8) is 0 Å². The fraction of sp³-hybridized carbons (Fsp3) is 0.125. The topological polar surface area (TPSA) is 70.9 Å². The Bertz CT molecular complexity index is 684. The molecule has 2 N–H and O–H groups in total. The minimum atomic E-state index is -0.367. The minimum Gasteiger partial charge on any atom is -0.504 e. The van der Waals surface area contributed by atoms with Crippen molar-refractivity contribution in [2.75, 3.05) is 6.61 Å². The van der Waals surface area contributed by atoms with Gasteiger partial charge in [-0.25, -0.2) is 5.43 Å². The lowest BCUT2D eigenvalue weighted by Gasteiger charge is -2.07. The number of carbonyl (C=O) groups excluding carboxylic acids is 1. The van der Waals surface area contributed by atoms with Gasteiger partial charge < -0.3 is 9.84 Å². The molecule has 0 radical (unpaired) electrons. The van der Waals surface area contributed by atoms with Crippen molar-refractivity contribution in [3.8, 4) is 11.5 Å². The molecular formula is C16H15ClN2O3. The van der Waals surface area contributed by atoms with E-state index >= 15 is 0 Å². The molecule has 0 aromatic heterocycles. The Labute approximate surface area is 133 Å². The molecule has 0 saturated heterocycles. The van der Waals surface area contributed by atoms with Crippen molar-refractivity contribution in [1.82, 2.24) is 5.43 Å². The van der Waals surface area contributed by atoms with Crippen LogP contribution in [-0.4, -0.2) is 23.8 Å². The summed E-state index contributed by atoms with van der Waals surface area (Å²) >= 11 is 5.76. The van der Waals surface area contributed by atoms with Crippen molar-refractivity contribution in [2.24, 2.45) is 5.10 Å². The third kappa shape index (κ3) is 3.99. The van der Waals surface area contributed by atoms with E-state index in [1.807, 2.05) is 6.92 Å². The number of benzene rings is 2. The van der Waals surface area contributed by atoms with Crippen molar-refractivity contribution >= 4 is 23.7 Å². The van der Waals surface area contributed by atoms with E-state index in [9.17, 15) is 9.90 Å². The summed E-state index contributed by atoms with van der Waals surface area (Å²) in [6.07, 6.45) is 1.35. The molecule has 0 spiro atoms. The molecule has 0 heterocycles. The Hall–Kier alpha value is -2.53. The number of hydrazone groups is 1. The zero-order chi connectivity index (χ0) is 15.9. The van der Waals surface area contributed by atoms with Gasteiger partial charge in [0.15, 0.2) is 11.5 Å². The predicted octanol–water partition coefficient (Wildman–Crippen LogP) is 3.21. The van der Waals surface area contributed by atoms with E-state index in [0.717, 1.165) is 0 Å². The smallest absolute Gasteiger partial charge is 0.271 e. The number of para-hydroxylation sites is 1. The maximum atomic E-state index is 11.8. The first-order valence-electron chi connectivity index (χ1n) is 6.65. The van der Waals surface area contributed by atoms with Gasteiger partial charge in [0.05, 0.1) is 12.8 Å². The van der Waals surface area contributed by atoms with Crippen LogP contribution >= 0.6 is 11.6 Å². The average molecular weight is 319 g/mol. The number of nitrogens with one attached hydrogen (secondary N) is 1. The van der Waals surface area contributed by atoms with Crippen LogP contribution in [0.5, 0.6) is 11.5 Å². The number of hydrogen-bond donors (Lipinski definition) is 2. The van der Waals surface area contributed by atoms with E-state index in [1.54, 1.807) is 42.5 Å². The highest BCUT2D eigenvalue weighted by atomic mass is 35.5. The average Bonchev–Trinajstić information content (AvgIpc) is 2.51. The van der Waals surface area contributed by atoms with Gasteiger partial charge in [0.25, 0.3) is 5.91 Å². The first kappa shape index (κ1) is 15.9. The van der Waals surface area contributed by atoms with E-state index in [2.05, 4.69) is 10.5 Å². The number of amides is 1. The molecule has 5 nitrogen and oxygen atoms in total. The number of halogens is 1. The molecule has 0 aliphatic carbocycles. The first-order valence-corrected chi connectivity index (χ1v) is 7.03. The van der Waals surface area contributed by atoms with Crippen LogP contribution in [0.25, 0.3) is 0 Å². The second-order valence-electron chi connectivity index (χ2n) is 4.33. The van der Waals surface area contributed by atoms with Crippen LogP contribution in [0, 0.1) is 0 Å². The van der Waals surface area contributed by atoms with E-state index < -0.39 is 0 Å². The Balaban J connectivity index is 2.05. The highest BCUT2D eigenvalue weighted by molar-refractivity contribution is 6.30. The Morgan fingerprint density at radius 2 is 2.05 bits per heavy atom. The van der Waals surface area contributed by atoms with Crippen molar-refractivity contribution in [2.45, 2.75) is 6.92 Å². The number of carbonyl (C=O) groups is 1. The molecule has 2 aromatic carbocycles. The maximum Gasteiger partial charge on any atom is 0.271 e.